The Morgan fingerprint density at radius 3 is 2.96 bits per heavy atom. The van der Waals surface area contributed by atoms with Crippen LogP contribution in [0.15, 0.2) is 24.3 Å². The fraction of sp³-hybridized carbons (Fsp3) is 0.579. The number of aromatic amines is 1. The van der Waals surface area contributed by atoms with E-state index in [1.54, 1.807) is 0 Å². The number of carbonyl (C=O) groups is 1. The molecule has 2 aromatic rings. The number of nitrogens with zero attached hydrogens (tertiary/aromatic N) is 2. The van der Waals surface area contributed by atoms with E-state index in [0.29, 0.717) is 12.5 Å². The van der Waals surface area contributed by atoms with Crippen molar-refractivity contribution in [2.24, 2.45) is 0 Å². The molecule has 1 atom stereocenters. The Labute approximate surface area is 147 Å². The van der Waals surface area contributed by atoms with E-state index in [1.165, 1.54) is 0 Å². The molecule has 1 aromatic carbocycles. The molecule has 2 fully saturated rings. The summed E-state index contributed by atoms with van der Waals surface area (Å²) >= 11 is 0. The van der Waals surface area contributed by atoms with Gasteiger partial charge in [0.2, 0.25) is 5.91 Å². The van der Waals surface area contributed by atoms with Crippen molar-refractivity contribution in [2.45, 2.75) is 37.6 Å². The van der Waals surface area contributed by atoms with Gasteiger partial charge < -0.3 is 15.0 Å². The van der Waals surface area contributed by atoms with Crippen molar-refractivity contribution >= 4 is 16.9 Å². The van der Waals surface area contributed by atoms with Gasteiger partial charge in [0.1, 0.15) is 5.82 Å². The number of ether oxygens (including phenoxy) is 1. The molecule has 2 saturated heterocycles. The molecule has 0 aliphatic carbocycles. The molecule has 6 heteroatoms. The van der Waals surface area contributed by atoms with Crippen molar-refractivity contribution in [3.05, 3.63) is 30.1 Å². The van der Waals surface area contributed by atoms with Crippen molar-refractivity contribution in [2.75, 3.05) is 32.8 Å². The highest BCUT2D eigenvalue weighted by Crippen LogP contribution is 2.26. The van der Waals surface area contributed by atoms with E-state index in [2.05, 4.69) is 21.3 Å². The third kappa shape index (κ3) is 4.02. The smallest absolute Gasteiger partial charge is 0.234 e. The Bertz CT molecular complexity index is 690. The van der Waals surface area contributed by atoms with E-state index >= 15 is 0 Å². The van der Waals surface area contributed by atoms with Crippen LogP contribution < -0.4 is 5.32 Å². The maximum atomic E-state index is 12.3. The van der Waals surface area contributed by atoms with Crippen LogP contribution in [-0.4, -0.2) is 59.7 Å². The highest BCUT2D eigenvalue weighted by Gasteiger charge is 2.26. The molecule has 0 unspecified atom stereocenters. The van der Waals surface area contributed by atoms with E-state index < -0.39 is 0 Å². The van der Waals surface area contributed by atoms with Gasteiger partial charge in [-0.15, -0.1) is 0 Å². The quantitative estimate of drug-likeness (QED) is 0.892. The van der Waals surface area contributed by atoms with E-state index in [0.717, 1.165) is 68.8 Å². The lowest BCUT2D eigenvalue weighted by molar-refractivity contribution is -0.123. The van der Waals surface area contributed by atoms with Gasteiger partial charge in [0.25, 0.3) is 0 Å². The second kappa shape index (κ2) is 7.54. The molecule has 25 heavy (non-hydrogen) atoms. The van der Waals surface area contributed by atoms with Crippen LogP contribution in [0.1, 0.15) is 37.4 Å². The second-order valence-corrected chi connectivity index (χ2v) is 7.17. The molecule has 6 nitrogen and oxygen atoms in total. The first kappa shape index (κ1) is 16.5. The van der Waals surface area contributed by atoms with Crippen LogP contribution in [0.4, 0.5) is 0 Å². The van der Waals surface area contributed by atoms with Gasteiger partial charge in [-0.3, -0.25) is 9.69 Å². The molecule has 1 aromatic heterocycles. The van der Waals surface area contributed by atoms with E-state index in [1.807, 2.05) is 18.2 Å². The normalized spacial score (nSPS) is 23.0. The van der Waals surface area contributed by atoms with Gasteiger partial charge in [0.05, 0.1) is 17.6 Å². The average molecular weight is 342 g/mol. The number of amides is 1. The fourth-order valence-corrected chi connectivity index (χ4v) is 3.91. The number of hydrogen-bond acceptors (Lipinski definition) is 4. The number of aromatic nitrogens is 2. The van der Waals surface area contributed by atoms with Crippen LogP contribution >= 0.6 is 0 Å². The minimum Gasteiger partial charge on any atom is -0.381 e. The molecule has 1 amide bonds. The van der Waals surface area contributed by atoms with Crippen molar-refractivity contribution in [3.8, 4) is 0 Å². The lowest BCUT2D eigenvalue weighted by Crippen LogP contribution is -2.46. The fourth-order valence-electron chi connectivity index (χ4n) is 3.91. The first-order valence-electron chi connectivity index (χ1n) is 9.32. The van der Waals surface area contributed by atoms with Gasteiger partial charge in [-0.05, 0) is 44.4 Å². The molecule has 2 N–H and O–H groups in total. The van der Waals surface area contributed by atoms with Gasteiger partial charge in [0.15, 0.2) is 0 Å². The largest absolute Gasteiger partial charge is 0.381 e. The molecular formula is C19H26N4O2. The number of para-hydroxylation sites is 2. The number of H-pyrrole nitrogens is 1. The Morgan fingerprint density at radius 2 is 2.12 bits per heavy atom. The first-order valence-corrected chi connectivity index (χ1v) is 9.32. The minimum atomic E-state index is 0.136. The summed E-state index contributed by atoms with van der Waals surface area (Å²) in [5.41, 5.74) is 2.11. The van der Waals surface area contributed by atoms with Crippen LogP contribution in [0, 0.1) is 0 Å². The van der Waals surface area contributed by atoms with E-state index in [-0.39, 0.29) is 11.9 Å². The zero-order valence-electron chi connectivity index (χ0n) is 14.5. The molecule has 0 spiro atoms. The highest BCUT2D eigenvalue weighted by molar-refractivity contribution is 5.78. The zero-order chi connectivity index (χ0) is 17.1. The van der Waals surface area contributed by atoms with Crippen LogP contribution in [0.2, 0.25) is 0 Å². The molecular weight excluding hydrogens is 316 g/mol. The van der Waals surface area contributed by atoms with Crippen LogP contribution in [-0.2, 0) is 9.53 Å². The van der Waals surface area contributed by atoms with Gasteiger partial charge >= 0.3 is 0 Å². The molecule has 3 heterocycles. The Hall–Kier alpha value is -1.92. The lowest BCUT2D eigenvalue weighted by Gasteiger charge is -2.32. The maximum absolute atomic E-state index is 12.3. The summed E-state index contributed by atoms with van der Waals surface area (Å²) in [5.74, 6) is 1.56. The SMILES string of the molecule is O=C(CN1CCC[C@@H](c2nc3ccccc3[nH]2)C1)NC1CCOCC1. The summed E-state index contributed by atoms with van der Waals surface area (Å²) in [4.78, 5) is 22.8. The van der Waals surface area contributed by atoms with Gasteiger partial charge in [0, 0.05) is 31.7 Å². The van der Waals surface area contributed by atoms with Crippen molar-refractivity contribution in [3.63, 3.8) is 0 Å². The van der Waals surface area contributed by atoms with E-state index in [9.17, 15) is 4.79 Å². The number of piperidine rings is 1. The topological polar surface area (TPSA) is 70.2 Å². The number of benzene rings is 1. The summed E-state index contributed by atoms with van der Waals surface area (Å²) in [6, 6.07) is 8.42. The van der Waals surface area contributed by atoms with Crippen LogP contribution in [0.5, 0.6) is 0 Å². The Balaban J connectivity index is 1.34. The van der Waals surface area contributed by atoms with E-state index in [4.69, 9.17) is 9.72 Å². The van der Waals surface area contributed by atoms with Gasteiger partial charge in [-0.1, -0.05) is 12.1 Å². The summed E-state index contributed by atoms with van der Waals surface area (Å²) in [6.07, 6.45) is 4.07. The molecule has 0 bridgehead atoms. The molecule has 134 valence electrons. The number of imidazole rings is 1. The standard InChI is InChI=1S/C19H26N4O2/c24-18(20-15-7-10-25-11-8-15)13-23-9-3-4-14(12-23)19-21-16-5-1-2-6-17(16)22-19/h1-2,5-6,14-15H,3-4,7-13H2,(H,20,24)(H,21,22)/t14-/m1/s1. The predicted octanol–water partition coefficient (Wildman–Crippen LogP) is 2.04. The molecule has 4 rings (SSSR count). The maximum Gasteiger partial charge on any atom is 0.234 e. The number of hydrogen-bond donors (Lipinski definition) is 2. The van der Waals surface area contributed by atoms with Crippen LogP contribution in [0.25, 0.3) is 11.0 Å². The van der Waals surface area contributed by atoms with Crippen molar-refractivity contribution < 1.29 is 9.53 Å². The Morgan fingerprint density at radius 1 is 1.28 bits per heavy atom. The van der Waals surface area contributed by atoms with Crippen LogP contribution in [0.3, 0.4) is 0 Å². The monoisotopic (exact) mass is 342 g/mol. The highest BCUT2D eigenvalue weighted by atomic mass is 16.5. The minimum absolute atomic E-state index is 0.136. The first-order chi connectivity index (χ1) is 12.3. The van der Waals surface area contributed by atoms with Gasteiger partial charge in [-0.25, -0.2) is 4.98 Å². The predicted molar refractivity (Wildman–Crippen MR) is 96.5 cm³/mol. The summed E-state index contributed by atoms with van der Waals surface area (Å²) < 4.78 is 5.35. The summed E-state index contributed by atoms with van der Waals surface area (Å²) in [5, 5.41) is 3.16. The number of carbonyl (C=O) groups excluding carboxylic acids is 1. The number of fused-ring (bicyclic) bond motifs is 1. The van der Waals surface area contributed by atoms with Gasteiger partial charge in [-0.2, -0.15) is 0 Å². The summed E-state index contributed by atoms with van der Waals surface area (Å²) in [6.45, 7) is 3.86. The average Bonchev–Trinajstić information content (AvgIpc) is 3.07. The molecule has 0 saturated carbocycles. The summed E-state index contributed by atoms with van der Waals surface area (Å²) in [7, 11) is 0. The number of rotatable bonds is 4. The molecule has 0 radical (unpaired) electrons. The third-order valence-corrected chi connectivity index (χ3v) is 5.25. The Kier molecular flexibility index (Phi) is 4.99. The molecule has 2 aliphatic rings. The third-order valence-electron chi connectivity index (χ3n) is 5.25. The number of nitrogens with one attached hydrogen (secondary N) is 2. The van der Waals surface area contributed by atoms with Crippen molar-refractivity contribution in [1.82, 2.24) is 20.2 Å². The van der Waals surface area contributed by atoms with Crippen molar-refractivity contribution in [1.29, 1.82) is 0 Å². The molecule has 2 aliphatic heterocycles. The number of likely N-dealkylation sites (tertiary alicyclic amines) is 1. The lowest BCUT2D eigenvalue weighted by atomic mass is 9.97. The zero-order valence-corrected chi connectivity index (χ0v) is 14.5. The second-order valence-electron chi connectivity index (χ2n) is 7.17.